The molecule has 0 spiro atoms. The van der Waals surface area contributed by atoms with Gasteiger partial charge in [-0.25, -0.2) is 0 Å². The fraction of sp³-hybridized carbons (Fsp3) is 0.278. The van der Waals surface area contributed by atoms with Crippen LogP contribution in [0.2, 0.25) is 10.0 Å². The lowest BCUT2D eigenvalue weighted by molar-refractivity contribution is -0.206. The summed E-state index contributed by atoms with van der Waals surface area (Å²) < 4.78 is 77.2. The summed E-state index contributed by atoms with van der Waals surface area (Å²) in [5, 5.41) is 12.0. The monoisotopic (exact) mass is 490 g/mol. The molecular formula is C18H14Cl2F6N2OS. The first kappa shape index (κ1) is 24.5. The topological polar surface area (TPSA) is 35.5 Å². The summed E-state index contributed by atoms with van der Waals surface area (Å²) in [4.78, 5) is 0.947. The number of alkyl halides is 6. The van der Waals surface area contributed by atoms with Gasteiger partial charge in [-0.1, -0.05) is 35.3 Å². The average Bonchev–Trinajstić information content (AvgIpc) is 2.61. The van der Waals surface area contributed by atoms with E-state index in [-0.39, 0.29) is 22.4 Å². The number of rotatable bonds is 5. The number of aliphatic hydroxyl groups is 1. The van der Waals surface area contributed by atoms with Crippen LogP contribution in [0.3, 0.4) is 0 Å². The van der Waals surface area contributed by atoms with Crippen LogP contribution in [-0.2, 0) is 12.7 Å². The maximum atomic E-state index is 12.9. The molecule has 0 heterocycles. The van der Waals surface area contributed by atoms with Gasteiger partial charge in [0, 0.05) is 22.3 Å². The maximum absolute atomic E-state index is 12.9. The summed E-state index contributed by atoms with van der Waals surface area (Å²) in [5.41, 5.74) is -0.690. The summed E-state index contributed by atoms with van der Waals surface area (Å²) in [7, 11) is 0. The lowest BCUT2D eigenvalue weighted by atomic mass is 10.2. The lowest BCUT2D eigenvalue weighted by Crippen LogP contribution is -2.44. The first-order valence-corrected chi connectivity index (χ1v) is 9.35. The second-order valence-corrected chi connectivity index (χ2v) is 7.41. The van der Waals surface area contributed by atoms with E-state index in [9.17, 15) is 31.4 Å². The lowest BCUT2D eigenvalue weighted by Gasteiger charge is -2.29. The predicted octanol–water partition coefficient (Wildman–Crippen LogP) is 6.13. The van der Waals surface area contributed by atoms with Crippen molar-refractivity contribution in [1.29, 1.82) is 0 Å². The molecule has 0 amide bonds. The van der Waals surface area contributed by atoms with Gasteiger partial charge in [-0.15, -0.1) is 0 Å². The van der Waals surface area contributed by atoms with Gasteiger partial charge < -0.3 is 15.3 Å². The number of aliphatic hydroxyl groups excluding tert-OH is 1. The number of benzene rings is 2. The molecule has 1 unspecified atom stereocenters. The van der Waals surface area contributed by atoms with Gasteiger partial charge in [-0.05, 0) is 48.1 Å². The van der Waals surface area contributed by atoms with Crippen LogP contribution in [0, 0.1) is 0 Å². The van der Waals surface area contributed by atoms with Crippen molar-refractivity contribution < 1.29 is 31.4 Å². The first-order chi connectivity index (χ1) is 13.8. The Hall–Kier alpha value is -1.75. The van der Waals surface area contributed by atoms with Gasteiger partial charge in [0.2, 0.25) is 0 Å². The normalized spacial score (nSPS) is 13.1. The molecule has 0 saturated carbocycles. The van der Waals surface area contributed by atoms with E-state index in [2.05, 4.69) is 5.32 Å². The fourth-order valence-corrected chi connectivity index (χ4v) is 3.09. The van der Waals surface area contributed by atoms with Crippen LogP contribution in [0.15, 0.2) is 42.5 Å². The highest BCUT2D eigenvalue weighted by atomic mass is 35.5. The van der Waals surface area contributed by atoms with Crippen LogP contribution in [0.25, 0.3) is 0 Å². The van der Waals surface area contributed by atoms with Crippen molar-refractivity contribution in [3.8, 4) is 0 Å². The van der Waals surface area contributed by atoms with Crippen molar-refractivity contribution in [2.75, 3.05) is 11.9 Å². The van der Waals surface area contributed by atoms with Gasteiger partial charge in [0.25, 0.3) is 0 Å². The molecule has 0 bridgehead atoms. The standard InChI is InChI=1S/C18H14Cl2F6N2OS/c19-12-5-4-10(14(20)7-12)8-28(9-15(29)18(24,25)26)16(30)27-13-3-1-2-11(6-13)17(21,22)23/h1-7,15,29H,8-9H2,(H,27,30). The molecule has 2 rings (SSSR count). The van der Waals surface area contributed by atoms with E-state index >= 15 is 0 Å². The Labute approximate surface area is 183 Å². The van der Waals surface area contributed by atoms with Gasteiger partial charge in [-0.2, -0.15) is 26.3 Å². The van der Waals surface area contributed by atoms with Crippen molar-refractivity contribution in [2.45, 2.75) is 25.0 Å². The third-order valence-corrected chi connectivity index (χ3v) is 4.82. The van der Waals surface area contributed by atoms with E-state index in [1.807, 2.05) is 0 Å². The third-order valence-electron chi connectivity index (χ3n) is 3.88. The Morgan fingerprint density at radius 1 is 1.07 bits per heavy atom. The van der Waals surface area contributed by atoms with E-state index in [4.69, 9.17) is 35.4 Å². The minimum Gasteiger partial charge on any atom is -0.382 e. The minimum atomic E-state index is -4.92. The van der Waals surface area contributed by atoms with Gasteiger partial charge in [0.15, 0.2) is 11.2 Å². The van der Waals surface area contributed by atoms with E-state index < -0.39 is 30.6 Å². The largest absolute Gasteiger partial charge is 0.416 e. The Kier molecular flexibility index (Phi) is 7.84. The summed E-state index contributed by atoms with van der Waals surface area (Å²) >= 11 is 16.9. The molecule has 0 aliphatic rings. The van der Waals surface area contributed by atoms with Crippen LogP contribution in [-0.4, -0.2) is 33.9 Å². The number of halogens is 8. The molecule has 2 aromatic rings. The fourth-order valence-electron chi connectivity index (χ4n) is 2.36. The summed E-state index contributed by atoms with van der Waals surface area (Å²) in [5.74, 6) is 0. The van der Waals surface area contributed by atoms with Crippen LogP contribution < -0.4 is 5.32 Å². The zero-order chi connectivity index (χ0) is 22.7. The molecule has 0 aromatic heterocycles. The predicted molar refractivity (Wildman–Crippen MR) is 107 cm³/mol. The second-order valence-electron chi connectivity index (χ2n) is 6.18. The SMILES string of the molecule is OC(CN(Cc1ccc(Cl)cc1Cl)C(=S)Nc1cccc(C(F)(F)F)c1)C(F)(F)F. The molecule has 164 valence electrons. The summed E-state index contributed by atoms with van der Waals surface area (Å²) in [6.45, 7) is -1.22. The Morgan fingerprint density at radius 2 is 1.73 bits per heavy atom. The zero-order valence-electron chi connectivity index (χ0n) is 14.9. The molecule has 1 atom stereocenters. The maximum Gasteiger partial charge on any atom is 0.416 e. The molecule has 0 saturated heterocycles. The molecule has 0 fully saturated rings. The third kappa shape index (κ3) is 6.90. The zero-order valence-corrected chi connectivity index (χ0v) is 17.2. The smallest absolute Gasteiger partial charge is 0.382 e. The van der Waals surface area contributed by atoms with E-state index in [0.717, 1.165) is 23.1 Å². The van der Waals surface area contributed by atoms with Crippen LogP contribution in [0.4, 0.5) is 32.0 Å². The Bertz CT molecular complexity index is 907. The van der Waals surface area contributed by atoms with Crippen molar-refractivity contribution in [3.63, 3.8) is 0 Å². The number of hydrogen-bond acceptors (Lipinski definition) is 2. The van der Waals surface area contributed by atoms with Crippen LogP contribution in [0.5, 0.6) is 0 Å². The number of hydrogen-bond donors (Lipinski definition) is 2. The molecule has 0 radical (unpaired) electrons. The molecule has 0 aliphatic heterocycles. The van der Waals surface area contributed by atoms with Gasteiger partial charge in [0.1, 0.15) is 0 Å². The first-order valence-electron chi connectivity index (χ1n) is 8.19. The second kappa shape index (κ2) is 9.59. The van der Waals surface area contributed by atoms with E-state index in [1.54, 1.807) is 0 Å². The van der Waals surface area contributed by atoms with Crippen molar-refractivity contribution in [2.24, 2.45) is 0 Å². The number of nitrogens with zero attached hydrogens (tertiary/aromatic N) is 1. The molecular weight excluding hydrogens is 477 g/mol. The highest BCUT2D eigenvalue weighted by Gasteiger charge is 2.39. The van der Waals surface area contributed by atoms with Gasteiger partial charge in [0.05, 0.1) is 12.1 Å². The molecule has 3 nitrogen and oxygen atoms in total. The van der Waals surface area contributed by atoms with Crippen molar-refractivity contribution in [1.82, 2.24) is 4.90 Å². The molecule has 12 heteroatoms. The summed E-state index contributed by atoms with van der Waals surface area (Å²) in [6.07, 6.45) is -12.3. The summed E-state index contributed by atoms with van der Waals surface area (Å²) in [6, 6.07) is 8.30. The highest BCUT2D eigenvalue weighted by Crippen LogP contribution is 2.31. The van der Waals surface area contributed by atoms with E-state index in [0.29, 0.717) is 10.6 Å². The van der Waals surface area contributed by atoms with E-state index in [1.165, 1.54) is 24.3 Å². The Balaban J connectivity index is 2.27. The van der Waals surface area contributed by atoms with Crippen molar-refractivity contribution in [3.05, 3.63) is 63.6 Å². The molecule has 2 aromatic carbocycles. The highest BCUT2D eigenvalue weighted by molar-refractivity contribution is 7.80. The van der Waals surface area contributed by atoms with Crippen molar-refractivity contribution >= 4 is 46.2 Å². The number of anilines is 1. The average molecular weight is 491 g/mol. The van der Waals surface area contributed by atoms with Crippen LogP contribution in [0.1, 0.15) is 11.1 Å². The molecule has 0 aliphatic carbocycles. The minimum absolute atomic E-state index is 0.0801. The molecule has 2 N–H and O–H groups in total. The van der Waals surface area contributed by atoms with Crippen LogP contribution >= 0.6 is 35.4 Å². The quantitative estimate of drug-likeness (QED) is 0.390. The number of thiocarbonyl (C=S) groups is 1. The van der Waals surface area contributed by atoms with Gasteiger partial charge >= 0.3 is 12.4 Å². The van der Waals surface area contributed by atoms with Gasteiger partial charge in [-0.3, -0.25) is 0 Å². The number of nitrogens with one attached hydrogen (secondary N) is 1. The molecule has 30 heavy (non-hydrogen) atoms. The Morgan fingerprint density at radius 3 is 2.30 bits per heavy atom.